The third-order valence-corrected chi connectivity index (χ3v) is 2.22. The zero-order chi connectivity index (χ0) is 10.5. The first-order chi connectivity index (χ1) is 5.90. The molecule has 0 aromatic carbocycles. The normalized spacial score (nSPS) is 11.0. The molecule has 1 amide bonds. The molecule has 4 nitrogen and oxygen atoms in total. The zero-order valence-electron chi connectivity index (χ0n) is 8.22. The van der Waals surface area contributed by atoms with Crippen LogP contribution in [0.3, 0.4) is 0 Å². The quantitative estimate of drug-likeness (QED) is 0.622. The second kappa shape index (κ2) is 5.14. The maximum atomic E-state index is 11.0. The fourth-order valence-electron chi connectivity index (χ4n) is 0.589. The van der Waals surface area contributed by atoms with Gasteiger partial charge in [0.2, 0.25) is 5.91 Å². The van der Waals surface area contributed by atoms with Gasteiger partial charge >= 0.3 is 0 Å². The van der Waals surface area contributed by atoms with Gasteiger partial charge in [-0.05, 0) is 0 Å². The molecule has 0 saturated heterocycles. The molecule has 0 aliphatic carbocycles. The van der Waals surface area contributed by atoms with Gasteiger partial charge in [0, 0.05) is 19.1 Å². The molecule has 0 atom stereocenters. The summed E-state index contributed by atoms with van der Waals surface area (Å²) < 4.78 is 4.65. The number of hydrogen-bond donors (Lipinski definition) is 2. The Labute approximate surface area is 83.8 Å². The number of thiocarbonyl (C=S) groups is 1. The van der Waals surface area contributed by atoms with Gasteiger partial charge in [0.05, 0.1) is 4.99 Å². The maximum absolute atomic E-state index is 11.0. The molecule has 5 heteroatoms. The summed E-state index contributed by atoms with van der Waals surface area (Å²) in [6, 6.07) is 0. The van der Waals surface area contributed by atoms with E-state index in [1.54, 1.807) is 0 Å². The van der Waals surface area contributed by atoms with E-state index in [0.717, 1.165) is 0 Å². The van der Waals surface area contributed by atoms with Crippen molar-refractivity contribution >= 4 is 23.1 Å². The number of carbonyl (C=O) groups excluding carboxylic acids is 1. The van der Waals surface area contributed by atoms with Crippen molar-refractivity contribution in [2.24, 2.45) is 11.1 Å². The molecule has 0 unspecified atom stereocenters. The molecule has 76 valence electrons. The van der Waals surface area contributed by atoms with Crippen LogP contribution >= 0.6 is 12.2 Å². The van der Waals surface area contributed by atoms with E-state index in [1.807, 2.05) is 13.8 Å². The number of nitrogens with one attached hydrogen (secondary N) is 1. The third-order valence-electron chi connectivity index (χ3n) is 1.67. The van der Waals surface area contributed by atoms with Crippen LogP contribution in [0.15, 0.2) is 0 Å². The van der Waals surface area contributed by atoms with Crippen LogP contribution < -0.4 is 11.1 Å². The number of hydrogen-bond acceptors (Lipinski definition) is 3. The molecule has 0 saturated carbocycles. The van der Waals surface area contributed by atoms with Crippen molar-refractivity contribution in [1.82, 2.24) is 5.32 Å². The smallest absolute Gasteiger partial charge is 0.246 e. The van der Waals surface area contributed by atoms with Gasteiger partial charge in [-0.3, -0.25) is 4.79 Å². The summed E-state index contributed by atoms with van der Waals surface area (Å²) in [7, 11) is 1.47. The number of carbonyl (C=O) groups is 1. The summed E-state index contributed by atoms with van der Waals surface area (Å²) in [5, 5.41) is 2.67. The van der Waals surface area contributed by atoms with Gasteiger partial charge in [0.25, 0.3) is 0 Å². The Bertz CT molecular complexity index is 204. The molecule has 0 spiro atoms. The molecular formula is C8H16N2O2S. The summed E-state index contributed by atoms with van der Waals surface area (Å²) in [4.78, 5) is 11.4. The molecule has 0 aliphatic rings. The zero-order valence-corrected chi connectivity index (χ0v) is 9.03. The predicted octanol–water partition coefficient (Wildman–Crippen LogP) is 0.0613. The van der Waals surface area contributed by atoms with Crippen LogP contribution in [0.2, 0.25) is 0 Å². The van der Waals surface area contributed by atoms with Gasteiger partial charge < -0.3 is 15.8 Å². The molecule has 0 fully saturated rings. The van der Waals surface area contributed by atoms with Crippen LogP contribution in [-0.4, -0.2) is 31.2 Å². The minimum Gasteiger partial charge on any atom is -0.393 e. The summed E-state index contributed by atoms with van der Waals surface area (Å²) in [6.45, 7) is 4.25. The van der Waals surface area contributed by atoms with Crippen LogP contribution in [0.1, 0.15) is 13.8 Å². The first-order valence-electron chi connectivity index (χ1n) is 3.95. The predicted molar refractivity (Wildman–Crippen MR) is 55.5 cm³/mol. The van der Waals surface area contributed by atoms with Crippen LogP contribution in [-0.2, 0) is 9.53 Å². The van der Waals surface area contributed by atoms with Gasteiger partial charge in [0.15, 0.2) is 0 Å². The van der Waals surface area contributed by atoms with Crippen molar-refractivity contribution in [1.29, 1.82) is 0 Å². The van der Waals surface area contributed by atoms with E-state index in [9.17, 15) is 4.79 Å². The number of nitrogens with two attached hydrogens (primary N) is 1. The van der Waals surface area contributed by atoms with Gasteiger partial charge in [-0.2, -0.15) is 0 Å². The Balaban J connectivity index is 3.88. The van der Waals surface area contributed by atoms with Crippen molar-refractivity contribution < 1.29 is 9.53 Å². The highest BCUT2D eigenvalue weighted by Gasteiger charge is 2.21. The van der Waals surface area contributed by atoms with E-state index < -0.39 is 0 Å². The van der Waals surface area contributed by atoms with Gasteiger partial charge in [-0.15, -0.1) is 0 Å². The monoisotopic (exact) mass is 204 g/mol. The SMILES string of the molecule is COCC(=O)NCC(C)(C)C(N)=S. The Morgan fingerprint density at radius 3 is 2.54 bits per heavy atom. The molecule has 0 aliphatic heterocycles. The van der Waals surface area contributed by atoms with Gasteiger partial charge in [-0.25, -0.2) is 0 Å². The lowest BCUT2D eigenvalue weighted by atomic mass is 9.94. The van der Waals surface area contributed by atoms with Crippen LogP contribution in [0, 0.1) is 5.41 Å². The fourth-order valence-corrected chi connectivity index (χ4v) is 0.661. The van der Waals surface area contributed by atoms with Crippen molar-refractivity contribution in [3.63, 3.8) is 0 Å². The Morgan fingerprint density at radius 1 is 1.62 bits per heavy atom. The van der Waals surface area contributed by atoms with Crippen molar-refractivity contribution in [3.8, 4) is 0 Å². The third kappa shape index (κ3) is 4.80. The molecule has 0 rings (SSSR count). The van der Waals surface area contributed by atoms with Gasteiger partial charge in [-0.1, -0.05) is 26.1 Å². The topological polar surface area (TPSA) is 64.3 Å². The van der Waals surface area contributed by atoms with Crippen LogP contribution in [0.25, 0.3) is 0 Å². The van der Waals surface area contributed by atoms with E-state index >= 15 is 0 Å². The lowest BCUT2D eigenvalue weighted by molar-refractivity contribution is -0.124. The van der Waals surface area contributed by atoms with E-state index in [0.29, 0.717) is 11.5 Å². The first-order valence-corrected chi connectivity index (χ1v) is 4.36. The summed E-state index contributed by atoms with van der Waals surface area (Å²) in [6.07, 6.45) is 0. The standard InChI is InChI=1S/C8H16N2O2S/c1-8(2,7(9)13)5-10-6(11)4-12-3/h4-5H2,1-3H3,(H2,9,13)(H,10,11). The second-order valence-electron chi connectivity index (χ2n) is 3.46. The molecule has 13 heavy (non-hydrogen) atoms. The van der Waals surface area contributed by atoms with Crippen molar-refractivity contribution in [2.45, 2.75) is 13.8 Å². The minimum absolute atomic E-state index is 0.0629. The number of ether oxygens (including phenoxy) is 1. The highest BCUT2D eigenvalue weighted by molar-refractivity contribution is 7.80. The number of amides is 1. The lowest BCUT2D eigenvalue weighted by Gasteiger charge is -2.23. The average Bonchev–Trinajstić information content (AvgIpc) is 2.01. The first kappa shape index (κ1) is 12.3. The van der Waals surface area contributed by atoms with E-state index in [-0.39, 0.29) is 17.9 Å². The van der Waals surface area contributed by atoms with Crippen LogP contribution in [0.4, 0.5) is 0 Å². The Hall–Kier alpha value is -0.680. The highest BCUT2D eigenvalue weighted by Crippen LogP contribution is 2.12. The molecule has 0 heterocycles. The van der Waals surface area contributed by atoms with E-state index in [2.05, 4.69) is 10.1 Å². The summed E-state index contributed by atoms with van der Waals surface area (Å²) in [5.41, 5.74) is 5.13. The molecule has 0 radical (unpaired) electrons. The molecule has 3 N–H and O–H groups in total. The number of methoxy groups -OCH3 is 1. The van der Waals surface area contributed by atoms with Crippen molar-refractivity contribution in [2.75, 3.05) is 20.3 Å². The highest BCUT2D eigenvalue weighted by atomic mass is 32.1. The van der Waals surface area contributed by atoms with E-state index in [4.69, 9.17) is 18.0 Å². The maximum Gasteiger partial charge on any atom is 0.246 e. The molecule has 0 aromatic rings. The van der Waals surface area contributed by atoms with E-state index in [1.165, 1.54) is 7.11 Å². The minimum atomic E-state index is -0.348. The fraction of sp³-hybridized carbons (Fsp3) is 0.750. The second-order valence-corrected chi connectivity index (χ2v) is 3.90. The van der Waals surface area contributed by atoms with Crippen LogP contribution in [0.5, 0.6) is 0 Å². The summed E-state index contributed by atoms with van der Waals surface area (Å²) >= 11 is 4.84. The Morgan fingerprint density at radius 2 is 2.15 bits per heavy atom. The lowest BCUT2D eigenvalue weighted by Crippen LogP contribution is -2.42. The summed E-state index contributed by atoms with van der Waals surface area (Å²) in [5.74, 6) is -0.160. The Kier molecular flexibility index (Phi) is 4.87. The molecular weight excluding hydrogens is 188 g/mol. The largest absolute Gasteiger partial charge is 0.393 e. The average molecular weight is 204 g/mol. The molecule has 0 aromatic heterocycles. The van der Waals surface area contributed by atoms with Crippen molar-refractivity contribution in [3.05, 3.63) is 0 Å². The molecule has 0 bridgehead atoms. The number of rotatable bonds is 5. The van der Waals surface area contributed by atoms with Gasteiger partial charge in [0.1, 0.15) is 6.61 Å².